The van der Waals surface area contributed by atoms with E-state index in [-0.39, 0.29) is 29.8 Å². The van der Waals surface area contributed by atoms with Crippen molar-refractivity contribution in [2.24, 2.45) is 0 Å². The molecule has 0 radical (unpaired) electrons. The number of rotatable bonds is 4. The van der Waals surface area contributed by atoms with E-state index < -0.39 is 10.7 Å². The van der Waals surface area contributed by atoms with Crippen LogP contribution < -0.4 is 11.1 Å². The number of hydrogen-bond acceptors (Lipinski definition) is 5. The quantitative estimate of drug-likeness (QED) is 0.676. The van der Waals surface area contributed by atoms with Gasteiger partial charge in [0.1, 0.15) is 6.54 Å². The fourth-order valence-electron chi connectivity index (χ4n) is 3.34. The summed E-state index contributed by atoms with van der Waals surface area (Å²) < 4.78 is 6.25. The number of nitrogens with one attached hydrogen (secondary N) is 1. The highest BCUT2D eigenvalue weighted by Crippen LogP contribution is 2.20. The van der Waals surface area contributed by atoms with E-state index in [0.717, 1.165) is 25.7 Å². The van der Waals surface area contributed by atoms with Crippen LogP contribution in [0.1, 0.15) is 44.9 Å². The van der Waals surface area contributed by atoms with Crippen molar-refractivity contribution in [3.8, 4) is 0 Å². The number of benzene rings is 1. The number of amides is 1. The lowest BCUT2D eigenvalue weighted by atomic mass is 9.97. The molecule has 1 fully saturated rings. The topological polar surface area (TPSA) is 107 Å². The molecule has 0 unspecified atom stereocenters. The molecule has 25 heavy (non-hydrogen) atoms. The Kier molecular flexibility index (Phi) is 5.16. The molecule has 3 rings (SSSR count). The molecule has 0 atom stereocenters. The minimum atomic E-state index is -0.691. The Morgan fingerprint density at radius 2 is 1.92 bits per heavy atom. The first-order valence-electron chi connectivity index (χ1n) is 8.62. The Bertz CT molecular complexity index is 830. The van der Waals surface area contributed by atoms with Gasteiger partial charge in [0.2, 0.25) is 5.91 Å². The molecule has 1 aromatic heterocycles. The van der Waals surface area contributed by atoms with Gasteiger partial charge in [-0.2, -0.15) is 0 Å². The average molecular weight is 347 g/mol. The predicted octanol–water partition coefficient (Wildman–Crippen LogP) is 2.73. The highest BCUT2D eigenvalue weighted by Gasteiger charge is 2.18. The van der Waals surface area contributed by atoms with Crippen molar-refractivity contribution in [2.75, 3.05) is 0 Å². The van der Waals surface area contributed by atoms with Crippen molar-refractivity contribution >= 4 is 22.7 Å². The van der Waals surface area contributed by atoms with Crippen molar-refractivity contribution in [1.82, 2.24) is 9.88 Å². The molecule has 8 heteroatoms. The summed E-state index contributed by atoms with van der Waals surface area (Å²) in [7, 11) is 0. The first-order chi connectivity index (χ1) is 12.0. The summed E-state index contributed by atoms with van der Waals surface area (Å²) >= 11 is 0. The van der Waals surface area contributed by atoms with Crippen molar-refractivity contribution in [3.05, 3.63) is 38.9 Å². The standard InChI is InChI=1S/C17H21N3O5/c21-16(18-12-6-4-2-1-3-5-7-12)11-19-14-9-8-13(20(23)24)10-15(14)25-17(19)22/h8-10,12H,1-7,11H2,(H,18,21). The molecule has 1 aromatic carbocycles. The Hall–Kier alpha value is -2.64. The van der Waals surface area contributed by atoms with Gasteiger partial charge in [-0.1, -0.05) is 32.1 Å². The SMILES string of the molecule is O=C(Cn1c(=O)oc2cc([N+](=O)[O-])ccc21)NC1CCCCCCC1. The monoisotopic (exact) mass is 347 g/mol. The Labute approximate surface area is 144 Å². The fraction of sp³-hybridized carbons (Fsp3) is 0.529. The van der Waals surface area contributed by atoms with E-state index in [0.29, 0.717) is 5.52 Å². The third-order valence-electron chi connectivity index (χ3n) is 4.63. The van der Waals surface area contributed by atoms with Crippen molar-refractivity contribution in [1.29, 1.82) is 0 Å². The van der Waals surface area contributed by atoms with E-state index in [2.05, 4.69) is 5.32 Å². The third-order valence-corrected chi connectivity index (χ3v) is 4.63. The molecule has 0 bridgehead atoms. The van der Waals surface area contributed by atoms with Crippen LogP contribution in [0.25, 0.3) is 11.1 Å². The van der Waals surface area contributed by atoms with E-state index in [1.807, 2.05) is 0 Å². The number of non-ortho nitro benzene ring substituents is 1. The van der Waals surface area contributed by atoms with Crippen molar-refractivity contribution < 1.29 is 14.1 Å². The zero-order chi connectivity index (χ0) is 17.8. The molecule has 2 aromatic rings. The molecule has 0 saturated heterocycles. The van der Waals surface area contributed by atoms with Crippen molar-refractivity contribution in [3.63, 3.8) is 0 Å². The highest BCUT2D eigenvalue weighted by molar-refractivity contribution is 5.80. The summed E-state index contributed by atoms with van der Waals surface area (Å²) in [5.41, 5.74) is 0.328. The Balaban J connectivity index is 1.73. The molecular weight excluding hydrogens is 326 g/mol. The summed E-state index contributed by atoms with van der Waals surface area (Å²) in [6.07, 6.45) is 7.75. The lowest BCUT2D eigenvalue weighted by Gasteiger charge is -2.21. The fourth-order valence-corrected chi connectivity index (χ4v) is 3.34. The summed E-state index contributed by atoms with van der Waals surface area (Å²) in [6, 6.07) is 4.06. The number of nitro benzene ring substituents is 1. The number of nitro groups is 1. The summed E-state index contributed by atoms with van der Waals surface area (Å²) in [5, 5.41) is 13.8. The van der Waals surface area contributed by atoms with Crippen LogP contribution in [-0.2, 0) is 11.3 Å². The second-order valence-electron chi connectivity index (χ2n) is 6.47. The molecule has 1 aliphatic rings. The molecule has 1 heterocycles. The van der Waals surface area contributed by atoms with E-state index >= 15 is 0 Å². The number of hydrogen-bond donors (Lipinski definition) is 1. The van der Waals surface area contributed by atoms with Crippen LogP contribution in [0, 0.1) is 10.1 Å². The second kappa shape index (κ2) is 7.50. The van der Waals surface area contributed by atoms with E-state index in [1.165, 1.54) is 42.0 Å². The van der Waals surface area contributed by atoms with Crippen LogP contribution in [0.3, 0.4) is 0 Å². The van der Waals surface area contributed by atoms with Gasteiger partial charge in [0, 0.05) is 12.1 Å². The van der Waals surface area contributed by atoms with Crippen LogP contribution in [0.15, 0.2) is 27.4 Å². The van der Waals surface area contributed by atoms with Gasteiger partial charge in [-0.25, -0.2) is 4.79 Å². The number of oxazole rings is 1. The third kappa shape index (κ3) is 4.07. The zero-order valence-electron chi connectivity index (χ0n) is 13.9. The highest BCUT2D eigenvalue weighted by atomic mass is 16.6. The van der Waals surface area contributed by atoms with Crippen molar-refractivity contribution in [2.45, 2.75) is 57.5 Å². The first kappa shape index (κ1) is 17.2. The molecule has 0 aliphatic heterocycles. The van der Waals surface area contributed by atoms with E-state index in [4.69, 9.17) is 4.42 Å². The molecule has 134 valence electrons. The minimum absolute atomic E-state index is 0.109. The summed E-state index contributed by atoms with van der Waals surface area (Å²) in [5.74, 6) is -0.933. The maximum Gasteiger partial charge on any atom is 0.420 e. The van der Waals surface area contributed by atoms with E-state index in [1.54, 1.807) is 0 Å². The average Bonchev–Trinajstić information content (AvgIpc) is 2.85. The number of carbonyl (C=O) groups is 1. The number of fused-ring (bicyclic) bond motifs is 1. The molecule has 8 nitrogen and oxygen atoms in total. The van der Waals surface area contributed by atoms with Gasteiger partial charge in [0.25, 0.3) is 5.69 Å². The largest absolute Gasteiger partial charge is 0.420 e. The predicted molar refractivity (Wildman–Crippen MR) is 91.4 cm³/mol. The zero-order valence-corrected chi connectivity index (χ0v) is 13.9. The molecule has 1 N–H and O–H groups in total. The van der Waals surface area contributed by atoms with Gasteiger partial charge in [-0.3, -0.25) is 19.5 Å². The Morgan fingerprint density at radius 1 is 1.24 bits per heavy atom. The van der Waals surface area contributed by atoms with Gasteiger partial charge >= 0.3 is 5.76 Å². The van der Waals surface area contributed by atoms with Gasteiger partial charge in [0.05, 0.1) is 16.5 Å². The normalized spacial score (nSPS) is 16.3. The maximum absolute atomic E-state index is 12.3. The Morgan fingerprint density at radius 3 is 2.60 bits per heavy atom. The first-order valence-corrected chi connectivity index (χ1v) is 8.62. The van der Waals surface area contributed by atoms with Gasteiger partial charge in [0.15, 0.2) is 5.58 Å². The molecule has 0 spiro atoms. The molecule has 1 amide bonds. The number of carbonyl (C=O) groups excluding carboxylic acids is 1. The summed E-state index contributed by atoms with van der Waals surface area (Å²) in [6.45, 7) is -0.153. The van der Waals surface area contributed by atoms with Crippen LogP contribution in [0.2, 0.25) is 0 Å². The molecular formula is C17H21N3O5. The van der Waals surface area contributed by atoms with E-state index in [9.17, 15) is 19.7 Å². The molecule has 1 aliphatic carbocycles. The summed E-state index contributed by atoms with van der Waals surface area (Å²) in [4.78, 5) is 34.6. The smallest absolute Gasteiger partial charge is 0.407 e. The molecule has 1 saturated carbocycles. The minimum Gasteiger partial charge on any atom is -0.407 e. The number of aromatic nitrogens is 1. The lowest BCUT2D eigenvalue weighted by molar-refractivity contribution is -0.384. The number of nitrogens with zero attached hydrogens (tertiary/aromatic N) is 2. The maximum atomic E-state index is 12.3. The van der Waals surface area contributed by atoms with Crippen LogP contribution >= 0.6 is 0 Å². The van der Waals surface area contributed by atoms with Crippen LogP contribution in [0.5, 0.6) is 0 Å². The van der Waals surface area contributed by atoms with Crippen LogP contribution in [0.4, 0.5) is 5.69 Å². The van der Waals surface area contributed by atoms with Gasteiger partial charge in [-0.05, 0) is 18.9 Å². The lowest BCUT2D eigenvalue weighted by Crippen LogP contribution is -2.38. The second-order valence-corrected chi connectivity index (χ2v) is 6.47. The van der Waals surface area contributed by atoms with Gasteiger partial charge in [-0.15, -0.1) is 0 Å². The van der Waals surface area contributed by atoms with Gasteiger partial charge < -0.3 is 9.73 Å². The van der Waals surface area contributed by atoms with Crippen LogP contribution in [-0.4, -0.2) is 21.4 Å².